The molecule has 2 aromatic rings. The topological polar surface area (TPSA) is 71.2 Å². The molecule has 0 aliphatic carbocycles. The third-order valence-electron chi connectivity index (χ3n) is 2.11. The van der Waals surface area contributed by atoms with Crippen molar-refractivity contribution in [1.82, 2.24) is 10.4 Å². The molecule has 1 aromatic heterocycles. The van der Waals surface area contributed by atoms with Crippen molar-refractivity contribution in [2.45, 2.75) is 0 Å². The van der Waals surface area contributed by atoms with Crippen molar-refractivity contribution < 1.29 is 4.79 Å². The number of nitrogens with zero attached hydrogens (tertiary/aromatic N) is 2. The Bertz CT molecular complexity index is 447. The number of anilines is 2. The quantitative estimate of drug-likeness (QED) is 0.787. The Morgan fingerprint density at radius 2 is 1.82 bits per heavy atom. The lowest BCUT2D eigenvalue weighted by molar-refractivity contribution is 0.249. The van der Waals surface area contributed by atoms with Gasteiger partial charge in [0.15, 0.2) is 5.82 Å². The predicted molar refractivity (Wildman–Crippen MR) is 65.5 cm³/mol. The van der Waals surface area contributed by atoms with E-state index < -0.39 is 6.03 Å². The number of nitrogens with two attached hydrogens (primary N) is 1. The van der Waals surface area contributed by atoms with Gasteiger partial charge in [0, 0.05) is 6.20 Å². The SMILES string of the molecule is NC(=O)NN(c1ccccc1)c1ccccn1. The van der Waals surface area contributed by atoms with Gasteiger partial charge >= 0.3 is 6.03 Å². The summed E-state index contributed by atoms with van der Waals surface area (Å²) in [4.78, 5) is 15.2. The maximum absolute atomic E-state index is 11.0. The van der Waals surface area contributed by atoms with Gasteiger partial charge in [-0.1, -0.05) is 24.3 Å². The van der Waals surface area contributed by atoms with E-state index in [0.29, 0.717) is 5.82 Å². The van der Waals surface area contributed by atoms with E-state index in [-0.39, 0.29) is 0 Å². The summed E-state index contributed by atoms with van der Waals surface area (Å²) in [6.45, 7) is 0. The molecule has 0 saturated carbocycles. The fourth-order valence-corrected chi connectivity index (χ4v) is 1.43. The van der Waals surface area contributed by atoms with E-state index in [4.69, 9.17) is 5.73 Å². The van der Waals surface area contributed by atoms with Crippen LogP contribution in [0, 0.1) is 0 Å². The summed E-state index contributed by atoms with van der Waals surface area (Å²) in [5.74, 6) is 0.595. The molecule has 2 amide bonds. The second kappa shape index (κ2) is 4.98. The van der Waals surface area contributed by atoms with Crippen LogP contribution in [0.3, 0.4) is 0 Å². The smallest absolute Gasteiger partial charge is 0.331 e. The van der Waals surface area contributed by atoms with E-state index in [1.165, 1.54) is 5.01 Å². The number of hydrogen-bond donors (Lipinski definition) is 2. The molecule has 0 atom stereocenters. The molecule has 17 heavy (non-hydrogen) atoms. The lowest BCUT2D eigenvalue weighted by atomic mass is 10.3. The van der Waals surface area contributed by atoms with Crippen molar-refractivity contribution in [3.63, 3.8) is 0 Å². The van der Waals surface area contributed by atoms with Crippen molar-refractivity contribution in [3.8, 4) is 0 Å². The number of primary amides is 1. The number of amides is 2. The number of nitrogens with one attached hydrogen (secondary N) is 1. The summed E-state index contributed by atoms with van der Waals surface area (Å²) in [5, 5.41) is 1.53. The van der Waals surface area contributed by atoms with Gasteiger partial charge < -0.3 is 5.73 Å². The van der Waals surface area contributed by atoms with Crippen molar-refractivity contribution in [3.05, 3.63) is 54.7 Å². The molecule has 3 N–H and O–H groups in total. The number of para-hydroxylation sites is 1. The monoisotopic (exact) mass is 228 g/mol. The summed E-state index contributed by atoms with van der Waals surface area (Å²) in [7, 11) is 0. The Morgan fingerprint density at radius 3 is 2.41 bits per heavy atom. The van der Waals surface area contributed by atoms with Gasteiger partial charge in [-0.3, -0.25) is 0 Å². The minimum atomic E-state index is -0.639. The largest absolute Gasteiger partial charge is 0.350 e. The minimum Gasteiger partial charge on any atom is -0.350 e. The molecule has 0 aliphatic rings. The van der Waals surface area contributed by atoms with Gasteiger partial charge in [0.1, 0.15) is 0 Å². The molecule has 0 spiro atoms. The van der Waals surface area contributed by atoms with Crippen LogP contribution in [0.15, 0.2) is 54.7 Å². The first-order valence-corrected chi connectivity index (χ1v) is 5.09. The lowest BCUT2D eigenvalue weighted by Crippen LogP contribution is -2.42. The third kappa shape index (κ3) is 2.72. The van der Waals surface area contributed by atoms with Gasteiger partial charge in [-0.25, -0.2) is 20.2 Å². The Kier molecular flexibility index (Phi) is 3.20. The third-order valence-corrected chi connectivity index (χ3v) is 2.11. The normalized spacial score (nSPS) is 9.65. The summed E-state index contributed by atoms with van der Waals surface area (Å²) in [5.41, 5.74) is 8.45. The number of aromatic nitrogens is 1. The standard InChI is InChI=1S/C12H12N4O/c13-12(17)15-16(10-6-2-1-3-7-10)11-8-4-5-9-14-11/h1-9H,(H3,13,15,17). The molecule has 0 saturated heterocycles. The van der Waals surface area contributed by atoms with Crippen LogP contribution >= 0.6 is 0 Å². The van der Waals surface area contributed by atoms with Crippen LogP contribution in [0.1, 0.15) is 0 Å². The number of carbonyl (C=O) groups is 1. The van der Waals surface area contributed by atoms with E-state index in [1.54, 1.807) is 18.3 Å². The molecule has 1 heterocycles. The molecular formula is C12H12N4O. The summed E-state index contributed by atoms with van der Waals surface area (Å²) >= 11 is 0. The maximum atomic E-state index is 11.0. The van der Waals surface area contributed by atoms with Gasteiger partial charge in [-0.05, 0) is 24.3 Å². The highest BCUT2D eigenvalue weighted by atomic mass is 16.2. The van der Waals surface area contributed by atoms with Gasteiger partial charge in [0.2, 0.25) is 0 Å². The van der Waals surface area contributed by atoms with E-state index in [0.717, 1.165) is 5.69 Å². The van der Waals surface area contributed by atoms with Gasteiger partial charge in [0.25, 0.3) is 0 Å². The molecule has 0 unspecified atom stereocenters. The Balaban J connectivity index is 2.36. The van der Waals surface area contributed by atoms with E-state index >= 15 is 0 Å². The second-order valence-corrected chi connectivity index (χ2v) is 3.33. The molecule has 86 valence electrons. The minimum absolute atomic E-state index is 0.595. The predicted octanol–water partition coefficient (Wildman–Crippen LogP) is 1.80. The molecule has 2 rings (SSSR count). The fraction of sp³-hybridized carbons (Fsp3) is 0. The molecular weight excluding hydrogens is 216 g/mol. The number of hydrogen-bond acceptors (Lipinski definition) is 3. The van der Waals surface area contributed by atoms with Crippen LogP contribution in [0.25, 0.3) is 0 Å². The lowest BCUT2D eigenvalue weighted by Gasteiger charge is -2.22. The first-order chi connectivity index (χ1) is 8.27. The number of urea groups is 1. The average Bonchev–Trinajstić information content (AvgIpc) is 2.38. The molecule has 0 bridgehead atoms. The van der Waals surface area contributed by atoms with Crippen LogP contribution in [0.5, 0.6) is 0 Å². The molecule has 0 radical (unpaired) electrons. The summed E-state index contributed by atoms with van der Waals surface area (Å²) < 4.78 is 0. The second-order valence-electron chi connectivity index (χ2n) is 3.33. The van der Waals surface area contributed by atoms with Crippen molar-refractivity contribution in [2.75, 3.05) is 5.01 Å². The number of benzene rings is 1. The van der Waals surface area contributed by atoms with Crippen LogP contribution in [-0.2, 0) is 0 Å². The molecule has 5 nitrogen and oxygen atoms in total. The number of hydrazine groups is 1. The van der Waals surface area contributed by atoms with Crippen LogP contribution < -0.4 is 16.2 Å². The summed E-state index contributed by atoms with van der Waals surface area (Å²) in [6.07, 6.45) is 1.65. The highest BCUT2D eigenvalue weighted by Gasteiger charge is 2.10. The Hall–Kier alpha value is -2.56. The number of pyridine rings is 1. The zero-order valence-electron chi connectivity index (χ0n) is 9.08. The first-order valence-electron chi connectivity index (χ1n) is 5.09. The van der Waals surface area contributed by atoms with Gasteiger partial charge in [-0.15, -0.1) is 0 Å². The molecule has 5 heteroatoms. The fourth-order valence-electron chi connectivity index (χ4n) is 1.43. The zero-order chi connectivity index (χ0) is 12.1. The maximum Gasteiger partial charge on any atom is 0.331 e. The van der Waals surface area contributed by atoms with Gasteiger partial charge in [0.05, 0.1) is 5.69 Å². The van der Waals surface area contributed by atoms with Crippen LogP contribution in [0.4, 0.5) is 16.3 Å². The highest BCUT2D eigenvalue weighted by molar-refractivity contribution is 5.76. The van der Waals surface area contributed by atoms with Crippen molar-refractivity contribution in [1.29, 1.82) is 0 Å². The van der Waals surface area contributed by atoms with Gasteiger partial charge in [-0.2, -0.15) is 0 Å². The number of carbonyl (C=O) groups excluding carboxylic acids is 1. The molecule has 1 aromatic carbocycles. The number of rotatable bonds is 3. The Morgan fingerprint density at radius 1 is 1.12 bits per heavy atom. The van der Waals surface area contributed by atoms with E-state index in [2.05, 4.69) is 10.4 Å². The van der Waals surface area contributed by atoms with E-state index in [1.807, 2.05) is 36.4 Å². The van der Waals surface area contributed by atoms with Crippen LogP contribution in [-0.4, -0.2) is 11.0 Å². The highest BCUT2D eigenvalue weighted by Crippen LogP contribution is 2.19. The molecule has 0 aliphatic heterocycles. The zero-order valence-corrected chi connectivity index (χ0v) is 9.08. The summed E-state index contributed by atoms with van der Waals surface area (Å²) in [6, 6.07) is 14.1. The average molecular weight is 228 g/mol. The van der Waals surface area contributed by atoms with E-state index in [9.17, 15) is 4.79 Å². The first kappa shape index (κ1) is 10.9. The van der Waals surface area contributed by atoms with Crippen LogP contribution in [0.2, 0.25) is 0 Å². The van der Waals surface area contributed by atoms with Crippen molar-refractivity contribution >= 4 is 17.5 Å². The molecule has 0 fully saturated rings. The van der Waals surface area contributed by atoms with Crippen molar-refractivity contribution in [2.24, 2.45) is 5.73 Å². The Labute approximate surface area is 98.9 Å².